The van der Waals surface area contributed by atoms with Gasteiger partial charge in [-0.15, -0.1) is 0 Å². The Bertz CT molecular complexity index is 1970. The average molecular weight is 747 g/mol. The van der Waals surface area contributed by atoms with Gasteiger partial charge in [0, 0.05) is 6.92 Å². The topological polar surface area (TPSA) is 72.5 Å². The first-order chi connectivity index (χ1) is 27.3. The summed E-state index contributed by atoms with van der Waals surface area (Å²) in [6.45, 7) is 5.07. The van der Waals surface area contributed by atoms with Gasteiger partial charge in [-0.25, -0.2) is 0 Å². The van der Waals surface area contributed by atoms with Crippen molar-refractivity contribution in [1.29, 1.82) is 0 Å². The Morgan fingerprint density at radius 3 is 1.29 bits per heavy atom. The van der Waals surface area contributed by atoms with Gasteiger partial charge in [-0.3, -0.25) is 4.79 Å². The lowest BCUT2D eigenvalue weighted by Crippen LogP contribution is -2.51. The predicted molar refractivity (Wildman–Crippen MR) is 213 cm³/mol. The number of benzene rings is 6. The van der Waals surface area contributed by atoms with Crippen LogP contribution < -0.4 is 0 Å². The number of ether oxygens (including phenoxy) is 6. The van der Waals surface area contributed by atoms with Crippen molar-refractivity contribution in [2.75, 3.05) is 6.61 Å². The van der Waals surface area contributed by atoms with Crippen LogP contribution in [0.5, 0.6) is 0 Å². The molecule has 0 spiro atoms. The molecule has 2 saturated heterocycles. The first-order valence-electron chi connectivity index (χ1n) is 19.1. The molecule has 56 heavy (non-hydrogen) atoms. The van der Waals surface area contributed by atoms with E-state index < -0.39 is 53.7 Å². The van der Waals surface area contributed by atoms with Crippen LogP contribution >= 0.6 is 0 Å². The summed E-state index contributed by atoms with van der Waals surface area (Å²) in [6, 6.07) is 60.7. The largest absolute Gasteiger partial charge is 0.457 e. The van der Waals surface area contributed by atoms with Crippen LogP contribution in [0.15, 0.2) is 182 Å². The van der Waals surface area contributed by atoms with Gasteiger partial charge in [0.25, 0.3) is 0 Å². The first kappa shape index (κ1) is 37.5. The zero-order chi connectivity index (χ0) is 38.6. The summed E-state index contributed by atoms with van der Waals surface area (Å²) in [5, 5.41) is 0. The van der Waals surface area contributed by atoms with Gasteiger partial charge >= 0.3 is 5.97 Å². The fourth-order valence-corrected chi connectivity index (χ4v) is 8.25. The molecule has 0 aromatic heterocycles. The summed E-state index contributed by atoms with van der Waals surface area (Å²) in [6.07, 6.45) is -4.12. The Kier molecular flexibility index (Phi) is 10.7. The molecular weight excluding hydrogens is 701 g/mol. The van der Waals surface area contributed by atoms with E-state index in [4.69, 9.17) is 28.4 Å². The maximum atomic E-state index is 13.1. The molecule has 2 aliphatic rings. The van der Waals surface area contributed by atoms with Gasteiger partial charge in [-0.05, 0) is 47.2 Å². The summed E-state index contributed by atoms with van der Waals surface area (Å²) in [7, 11) is 0. The first-order valence-corrected chi connectivity index (χ1v) is 19.1. The number of fused-ring (bicyclic) bond motifs is 1. The Morgan fingerprint density at radius 2 is 0.929 bits per heavy atom. The highest BCUT2D eigenvalue weighted by molar-refractivity contribution is 5.66. The number of esters is 1. The quantitative estimate of drug-likeness (QED) is 0.0863. The molecule has 284 valence electrons. The number of hydrogen-bond donors (Lipinski definition) is 0. The van der Waals surface area contributed by atoms with Crippen LogP contribution in [-0.2, 0) is 44.4 Å². The van der Waals surface area contributed by atoms with E-state index in [-0.39, 0.29) is 6.61 Å². The maximum Gasteiger partial charge on any atom is 0.303 e. The Balaban J connectivity index is 1.26. The second-order valence-corrected chi connectivity index (χ2v) is 14.7. The van der Waals surface area contributed by atoms with E-state index >= 15 is 0 Å². The molecule has 2 fully saturated rings. The summed E-state index contributed by atoms with van der Waals surface area (Å²) in [4.78, 5) is 13.1. The molecule has 0 saturated carbocycles. The van der Waals surface area contributed by atoms with Crippen LogP contribution in [0.25, 0.3) is 0 Å². The monoisotopic (exact) mass is 746 g/mol. The van der Waals surface area contributed by atoms with Gasteiger partial charge in [0.1, 0.15) is 29.5 Å². The van der Waals surface area contributed by atoms with Gasteiger partial charge in [0.2, 0.25) is 0 Å². The van der Waals surface area contributed by atoms with Crippen molar-refractivity contribution in [3.63, 3.8) is 0 Å². The molecule has 0 radical (unpaired) electrons. The third-order valence-corrected chi connectivity index (χ3v) is 10.6. The molecule has 0 bridgehead atoms. The minimum Gasteiger partial charge on any atom is -0.457 e. The lowest BCUT2D eigenvalue weighted by molar-refractivity contribution is -0.243. The van der Waals surface area contributed by atoms with Crippen molar-refractivity contribution in [3.8, 4) is 0 Å². The highest BCUT2D eigenvalue weighted by atomic mass is 16.8. The molecule has 6 aromatic carbocycles. The molecule has 0 N–H and O–H groups in total. The van der Waals surface area contributed by atoms with Crippen LogP contribution in [0.3, 0.4) is 0 Å². The van der Waals surface area contributed by atoms with Crippen molar-refractivity contribution >= 4 is 5.97 Å². The Hall–Kier alpha value is -5.41. The lowest BCUT2D eigenvalue weighted by Gasteiger charge is -2.42. The SMILES string of the molecule is CC(=O)O[C@H](COC(c1ccccc1)(c1ccccc1)c1ccccc1)[C@H]1O[C@@H]2OC(C)(C)O[C@@H]2[C@H]1OC(c1ccccc1)(c1ccccc1)c1ccccc1. The van der Waals surface area contributed by atoms with E-state index in [2.05, 4.69) is 72.8 Å². The van der Waals surface area contributed by atoms with Crippen LogP contribution in [0, 0.1) is 0 Å². The van der Waals surface area contributed by atoms with Crippen LogP contribution in [-0.4, -0.2) is 49.1 Å². The number of carbonyl (C=O) groups excluding carboxylic acids is 1. The van der Waals surface area contributed by atoms with E-state index in [0.717, 1.165) is 33.4 Å². The average Bonchev–Trinajstić information content (AvgIpc) is 3.72. The molecule has 5 atom stereocenters. The highest BCUT2D eigenvalue weighted by Crippen LogP contribution is 2.48. The summed E-state index contributed by atoms with van der Waals surface area (Å²) in [5.41, 5.74) is 3.27. The molecule has 0 amide bonds. The van der Waals surface area contributed by atoms with E-state index in [1.165, 1.54) is 6.92 Å². The minimum absolute atomic E-state index is 0.0549. The van der Waals surface area contributed by atoms with Gasteiger partial charge in [-0.1, -0.05) is 182 Å². The second-order valence-electron chi connectivity index (χ2n) is 14.7. The fraction of sp³-hybridized carbons (Fsp3) is 0.245. The molecular formula is C49H46O7. The molecule has 0 unspecified atom stereocenters. The molecule has 8 rings (SSSR count). The van der Waals surface area contributed by atoms with E-state index in [9.17, 15) is 4.79 Å². The van der Waals surface area contributed by atoms with E-state index in [1.807, 2.05) is 123 Å². The zero-order valence-corrected chi connectivity index (χ0v) is 31.8. The Morgan fingerprint density at radius 1 is 0.571 bits per heavy atom. The van der Waals surface area contributed by atoms with Crippen LogP contribution in [0.2, 0.25) is 0 Å². The third kappa shape index (κ3) is 7.20. The summed E-state index contributed by atoms with van der Waals surface area (Å²) in [5.74, 6) is -1.43. The molecule has 7 heteroatoms. The van der Waals surface area contributed by atoms with E-state index in [1.54, 1.807) is 0 Å². The van der Waals surface area contributed by atoms with Crippen LogP contribution in [0.1, 0.15) is 54.2 Å². The van der Waals surface area contributed by atoms with Gasteiger partial charge in [-0.2, -0.15) is 0 Å². The molecule has 0 aliphatic carbocycles. The van der Waals surface area contributed by atoms with Crippen molar-refractivity contribution in [2.45, 2.75) is 68.5 Å². The van der Waals surface area contributed by atoms with Crippen LogP contribution in [0.4, 0.5) is 0 Å². The van der Waals surface area contributed by atoms with Gasteiger partial charge < -0.3 is 28.4 Å². The van der Waals surface area contributed by atoms with Gasteiger partial charge in [0.05, 0.1) is 6.61 Å². The summed E-state index contributed by atoms with van der Waals surface area (Å²) >= 11 is 0. The number of rotatable bonds is 13. The minimum atomic E-state index is -1.13. The summed E-state index contributed by atoms with van der Waals surface area (Å²) < 4.78 is 40.9. The molecule has 2 aliphatic heterocycles. The highest BCUT2D eigenvalue weighted by Gasteiger charge is 2.60. The van der Waals surface area contributed by atoms with Gasteiger partial charge in [0.15, 0.2) is 18.2 Å². The number of hydrogen-bond acceptors (Lipinski definition) is 7. The van der Waals surface area contributed by atoms with Crippen molar-refractivity contribution in [1.82, 2.24) is 0 Å². The lowest BCUT2D eigenvalue weighted by atomic mass is 9.79. The molecule has 6 aromatic rings. The fourth-order valence-electron chi connectivity index (χ4n) is 8.25. The smallest absolute Gasteiger partial charge is 0.303 e. The standard InChI is InChI=1S/C49H46O7/c1-35(50)52-42(34-51-48(36-22-10-4-11-23-36,37-24-12-5-13-25-37)38-26-14-6-15-27-38)43-44(45-46(53-43)56-47(2,3)54-45)55-49(39-28-16-7-17-29-39,40-30-18-8-19-31-40)41-32-20-9-21-33-41/h4-33,42-46H,34H2,1-3H3/t42-,43-,44+,45-,46-/m1/s1. The normalized spacial score (nSPS) is 20.9. The van der Waals surface area contributed by atoms with Crippen molar-refractivity contribution < 1.29 is 33.2 Å². The molecule has 7 nitrogen and oxygen atoms in total. The number of carbonyl (C=O) groups is 1. The van der Waals surface area contributed by atoms with Crippen molar-refractivity contribution in [3.05, 3.63) is 215 Å². The predicted octanol–water partition coefficient (Wildman–Crippen LogP) is 9.18. The maximum absolute atomic E-state index is 13.1. The third-order valence-electron chi connectivity index (χ3n) is 10.6. The van der Waals surface area contributed by atoms with Crippen molar-refractivity contribution in [2.24, 2.45) is 0 Å². The second kappa shape index (κ2) is 16.0. The zero-order valence-electron chi connectivity index (χ0n) is 31.8. The van der Waals surface area contributed by atoms with E-state index in [0.29, 0.717) is 0 Å². The Labute approximate surface area is 328 Å². The molecule has 2 heterocycles.